The summed E-state index contributed by atoms with van der Waals surface area (Å²) in [6.45, 7) is 0.994. The molecule has 0 spiro atoms. The predicted molar refractivity (Wildman–Crippen MR) is 62.9 cm³/mol. The van der Waals surface area contributed by atoms with Crippen molar-refractivity contribution in [1.29, 1.82) is 0 Å². The predicted octanol–water partition coefficient (Wildman–Crippen LogP) is 0.301. The number of pyridine rings is 1. The number of hydrogen-bond acceptors (Lipinski definition) is 3. The van der Waals surface area contributed by atoms with E-state index in [4.69, 9.17) is 5.11 Å². The van der Waals surface area contributed by atoms with E-state index < -0.39 is 12.0 Å². The summed E-state index contributed by atoms with van der Waals surface area (Å²) in [5.74, 6) is -0.534. The third-order valence-electron chi connectivity index (χ3n) is 2.98. The average Bonchev–Trinajstić information content (AvgIpc) is 3.10. The van der Waals surface area contributed by atoms with Crippen molar-refractivity contribution in [2.75, 3.05) is 6.54 Å². The summed E-state index contributed by atoms with van der Waals surface area (Å²) in [5, 5.41) is 12.0. The van der Waals surface area contributed by atoms with Gasteiger partial charge in [0.2, 0.25) is 0 Å². The van der Waals surface area contributed by atoms with Gasteiger partial charge in [-0.25, -0.2) is 0 Å². The van der Waals surface area contributed by atoms with Crippen LogP contribution in [0.3, 0.4) is 0 Å². The summed E-state index contributed by atoms with van der Waals surface area (Å²) >= 11 is 0. The van der Waals surface area contributed by atoms with E-state index in [0.29, 0.717) is 13.1 Å². The van der Waals surface area contributed by atoms with Crippen molar-refractivity contribution in [2.24, 2.45) is 5.92 Å². The Morgan fingerprint density at radius 1 is 1.53 bits per heavy atom. The van der Waals surface area contributed by atoms with Crippen LogP contribution in [0.2, 0.25) is 0 Å². The van der Waals surface area contributed by atoms with Crippen LogP contribution in [0.5, 0.6) is 0 Å². The number of nitrogens with one attached hydrogen (secondary N) is 1. The molecular formula is C12H16N2O3. The molecule has 0 amide bonds. The molecule has 1 aromatic rings. The highest BCUT2D eigenvalue weighted by Crippen LogP contribution is 2.32. The van der Waals surface area contributed by atoms with Gasteiger partial charge in [0.05, 0.1) is 0 Å². The molecule has 2 N–H and O–H groups in total. The lowest BCUT2D eigenvalue weighted by Gasteiger charge is -2.13. The van der Waals surface area contributed by atoms with Gasteiger partial charge in [-0.1, -0.05) is 6.07 Å². The minimum Gasteiger partial charge on any atom is -0.480 e. The van der Waals surface area contributed by atoms with Gasteiger partial charge in [-0.2, -0.15) is 0 Å². The first-order valence-corrected chi connectivity index (χ1v) is 5.80. The number of aliphatic carboxylic acids is 1. The number of carboxylic acid groups (broad SMARTS) is 1. The second kappa shape index (κ2) is 5.14. The van der Waals surface area contributed by atoms with Gasteiger partial charge in [-0.05, 0) is 24.8 Å². The lowest BCUT2D eigenvalue weighted by molar-refractivity contribution is -0.140. The Balaban J connectivity index is 1.84. The van der Waals surface area contributed by atoms with Crippen LogP contribution < -0.4 is 10.9 Å². The molecule has 5 nitrogen and oxygen atoms in total. The topological polar surface area (TPSA) is 71.3 Å². The summed E-state index contributed by atoms with van der Waals surface area (Å²) in [6.07, 6.45) is 3.67. The molecule has 1 heterocycles. The summed E-state index contributed by atoms with van der Waals surface area (Å²) < 4.78 is 1.57. The number of carboxylic acids is 1. The second-order valence-corrected chi connectivity index (χ2v) is 4.34. The van der Waals surface area contributed by atoms with Crippen molar-refractivity contribution in [2.45, 2.75) is 25.4 Å². The van der Waals surface area contributed by atoms with Crippen LogP contribution in [0.1, 0.15) is 12.8 Å². The zero-order valence-corrected chi connectivity index (χ0v) is 9.50. The Kier molecular flexibility index (Phi) is 3.58. The molecule has 0 bridgehead atoms. The van der Waals surface area contributed by atoms with Crippen molar-refractivity contribution >= 4 is 5.97 Å². The van der Waals surface area contributed by atoms with E-state index in [9.17, 15) is 9.59 Å². The van der Waals surface area contributed by atoms with Crippen LogP contribution in [0.15, 0.2) is 29.2 Å². The van der Waals surface area contributed by atoms with Crippen LogP contribution in [-0.2, 0) is 11.3 Å². The molecule has 1 aliphatic carbocycles. The van der Waals surface area contributed by atoms with Gasteiger partial charge >= 0.3 is 5.97 Å². The van der Waals surface area contributed by atoms with E-state index >= 15 is 0 Å². The van der Waals surface area contributed by atoms with Crippen molar-refractivity contribution in [3.8, 4) is 0 Å². The van der Waals surface area contributed by atoms with Crippen molar-refractivity contribution in [3.05, 3.63) is 34.7 Å². The lowest BCUT2D eigenvalue weighted by atomic mass is 10.2. The summed E-state index contributed by atoms with van der Waals surface area (Å²) in [7, 11) is 0. The Morgan fingerprint density at radius 3 is 2.88 bits per heavy atom. The number of carbonyl (C=O) groups is 1. The smallest absolute Gasteiger partial charge is 0.320 e. The van der Waals surface area contributed by atoms with Crippen LogP contribution in [0.4, 0.5) is 0 Å². The summed E-state index contributed by atoms with van der Waals surface area (Å²) in [4.78, 5) is 22.4. The van der Waals surface area contributed by atoms with Gasteiger partial charge in [0.25, 0.3) is 5.56 Å². The molecular weight excluding hydrogens is 220 g/mol. The largest absolute Gasteiger partial charge is 0.480 e. The normalized spacial score (nSPS) is 16.7. The Morgan fingerprint density at radius 2 is 2.29 bits per heavy atom. The molecule has 17 heavy (non-hydrogen) atoms. The first-order chi connectivity index (χ1) is 8.18. The van der Waals surface area contributed by atoms with E-state index in [0.717, 1.165) is 12.8 Å². The Hall–Kier alpha value is -1.62. The van der Waals surface area contributed by atoms with Crippen molar-refractivity contribution in [1.82, 2.24) is 9.88 Å². The van der Waals surface area contributed by atoms with Crippen LogP contribution in [-0.4, -0.2) is 28.2 Å². The Labute approximate surface area is 99.1 Å². The molecule has 92 valence electrons. The zero-order chi connectivity index (χ0) is 12.3. The second-order valence-electron chi connectivity index (χ2n) is 4.34. The highest BCUT2D eigenvalue weighted by atomic mass is 16.4. The van der Waals surface area contributed by atoms with E-state index in [1.54, 1.807) is 22.9 Å². The number of aromatic nitrogens is 1. The number of hydrogen-bond donors (Lipinski definition) is 2. The summed E-state index contributed by atoms with van der Waals surface area (Å²) in [5.41, 5.74) is -0.0624. The molecule has 1 saturated carbocycles. The summed E-state index contributed by atoms with van der Waals surface area (Å²) in [6, 6.07) is 4.51. The molecule has 1 unspecified atom stereocenters. The Bertz CT molecular complexity index is 451. The first kappa shape index (κ1) is 11.9. The minimum absolute atomic E-state index is 0.0624. The van der Waals surface area contributed by atoms with E-state index in [1.807, 2.05) is 0 Å². The van der Waals surface area contributed by atoms with Crippen LogP contribution in [0, 0.1) is 5.92 Å². The lowest BCUT2D eigenvalue weighted by Crippen LogP contribution is -2.40. The van der Waals surface area contributed by atoms with Crippen LogP contribution in [0.25, 0.3) is 0 Å². The molecule has 0 radical (unpaired) electrons. The SMILES string of the molecule is O=C(O)C(NCCn1ccccc1=O)C1CC1. The van der Waals surface area contributed by atoms with E-state index in [2.05, 4.69) is 5.32 Å². The third-order valence-corrected chi connectivity index (χ3v) is 2.98. The molecule has 5 heteroatoms. The van der Waals surface area contributed by atoms with E-state index in [1.165, 1.54) is 6.07 Å². The fourth-order valence-electron chi connectivity index (χ4n) is 1.87. The fourth-order valence-corrected chi connectivity index (χ4v) is 1.87. The van der Waals surface area contributed by atoms with Crippen molar-refractivity contribution in [3.63, 3.8) is 0 Å². The van der Waals surface area contributed by atoms with Gasteiger partial charge in [-0.3, -0.25) is 9.59 Å². The molecule has 1 aromatic heterocycles. The third kappa shape index (κ3) is 3.17. The maximum absolute atomic E-state index is 11.4. The molecule has 1 fully saturated rings. The highest BCUT2D eigenvalue weighted by Gasteiger charge is 2.35. The molecule has 1 aliphatic rings. The maximum Gasteiger partial charge on any atom is 0.320 e. The van der Waals surface area contributed by atoms with Gasteiger partial charge < -0.3 is 15.0 Å². The minimum atomic E-state index is -0.798. The standard InChI is InChI=1S/C12H16N2O3/c15-10-3-1-2-7-14(10)8-6-13-11(12(16)17)9-4-5-9/h1-3,7,9,11,13H,4-6,8H2,(H,16,17). The van der Waals surface area contributed by atoms with Crippen LogP contribution >= 0.6 is 0 Å². The maximum atomic E-state index is 11.4. The highest BCUT2D eigenvalue weighted by molar-refractivity contribution is 5.74. The van der Waals surface area contributed by atoms with Crippen molar-refractivity contribution < 1.29 is 9.90 Å². The van der Waals surface area contributed by atoms with Gasteiger partial charge in [0.1, 0.15) is 6.04 Å². The number of rotatable bonds is 6. The number of nitrogens with zero attached hydrogens (tertiary/aromatic N) is 1. The first-order valence-electron chi connectivity index (χ1n) is 5.80. The average molecular weight is 236 g/mol. The molecule has 2 rings (SSSR count). The molecule has 0 aromatic carbocycles. The van der Waals surface area contributed by atoms with Gasteiger partial charge in [0, 0.05) is 25.4 Å². The zero-order valence-electron chi connectivity index (χ0n) is 9.50. The monoisotopic (exact) mass is 236 g/mol. The molecule has 0 aliphatic heterocycles. The van der Waals surface area contributed by atoms with Gasteiger partial charge in [0.15, 0.2) is 0 Å². The molecule has 0 saturated heterocycles. The van der Waals surface area contributed by atoms with E-state index in [-0.39, 0.29) is 11.5 Å². The quantitative estimate of drug-likeness (QED) is 0.745. The fraction of sp³-hybridized carbons (Fsp3) is 0.500. The van der Waals surface area contributed by atoms with Gasteiger partial charge in [-0.15, -0.1) is 0 Å². The molecule has 1 atom stereocenters.